The van der Waals surface area contributed by atoms with Gasteiger partial charge in [-0.15, -0.1) is 0 Å². The van der Waals surface area contributed by atoms with Crippen LogP contribution in [0.2, 0.25) is 0 Å². The lowest BCUT2D eigenvalue weighted by molar-refractivity contribution is 0.0986. The Morgan fingerprint density at radius 1 is 1.05 bits per heavy atom. The first-order valence-corrected chi connectivity index (χ1v) is 6.56. The van der Waals surface area contributed by atoms with Crippen molar-refractivity contribution in [3.8, 4) is 0 Å². The molecule has 1 N–H and O–H groups in total. The van der Waals surface area contributed by atoms with Gasteiger partial charge in [-0.2, -0.15) is 0 Å². The lowest BCUT2D eigenvalue weighted by Gasteiger charge is -2.10. The first-order valence-electron chi connectivity index (χ1n) is 6.56. The number of aryl methyl sites for hydroxylation is 2. The van der Waals surface area contributed by atoms with Crippen LogP contribution in [-0.4, -0.2) is 12.3 Å². The van der Waals surface area contributed by atoms with E-state index in [0.29, 0.717) is 13.0 Å². The third kappa shape index (κ3) is 3.68. The van der Waals surface area contributed by atoms with Gasteiger partial charge in [0.1, 0.15) is 0 Å². The number of benzene rings is 2. The van der Waals surface area contributed by atoms with Crippen LogP contribution in [0.25, 0.3) is 0 Å². The highest BCUT2D eigenvalue weighted by atomic mass is 16.1. The van der Waals surface area contributed by atoms with E-state index in [9.17, 15) is 4.79 Å². The van der Waals surface area contributed by atoms with Crippen molar-refractivity contribution in [3.63, 3.8) is 0 Å². The third-order valence-electron chi connectivity index (χ3n) is 3.16. The number of anilines is 1. The molecule has 0 aromatic heterocycles. The van der Waals surface area contributed by atoms with Crippen molar-refractivity contribution < 1.29 is 4.79 Å². The van der Waals surface area contributed by atoms with Crippen molar-refractivity contribution in [3.05, 3.63) is 65.2 Å². The smallest absolute Gasteiger partial charge is 0.164 e. The summed E-state index contributed by atoms with van der Waals surface area (Å²) in [5.74, 6) is 0.179. The lowest BCUT2D eigenvalue weighted by atomic mass is 10.1. The van der Waals surface area contributed by atoms with Gasteiger partial charge in [0.2, 0.25) is 0 Å². The molecular formula is C17H19NO. The van der Waals surface area contributed by atoms with Gasteiger partial charge in [-0.1, -0.05) is 42.5 Å². The number of rotatable bonds is 5. The molecule has 2 aromatic rings. The van der Waals surface area contributed by atoms with Crippen molar-refractivity contribution in [1.29, 1.82) is 0 Å². The molecule has 0 radical (unpaired) electrons. The van der Waals surface area contributed by atoms with Crippen molar-refractivity contribution in [2.45, 2.75) is 20.3 Å². The number of hydrogen-bond acceptors (Lipinski definition) is 2. The lowest BCUT2D eigenvalue weighted by Crippen LogP contribution is -2.09. The number of nitrogens with one attached hydrogen (secondary N) is 1. The molecule has 0 unspecified atom stereocenters. The largest absolute Gasteiger partial charge is 0.384 e. The van der Waals surface area contributed by atoms with Gasteiger partial charge in [-0.3, -0.25) is 4.79 Å². The Morgan fingerprint density at radius 3 is 2.53 bits per heavy atom. The Kier molecular flexibility index (Phi) is 4.35. The molecule has 0 spiro atoms. The maximum atomic E-state index is 11.9. The van der Waals surface area contributed by atoms with Gasteiger partial charge in [0.05, 0.1) is 0 Å². The van der Waals surface area contributed by atoms with Crippen LogP contribution in [0.3, 0.4) is 0 Å². The van der Waals surface area contributed by atoms with Crippen molar-refractivity contribution in [1.82, 2.24) is 0 Å². The Morgan fingerprint density at radius 2 is 1.79 bits per heavy atom. The molecule has 0 bridgehead atoms. The standard InChI is InChI=1S/C17H19NO/c1-13-8-9-14(2)16(12-13)18-11-10-17(19)15-6-4-3-5-7-15/h3-9,12,18H,10-11H2,1-2H3. The minimum absolute atomic E-state index is 0.179. The highest BCUT2D eigenvalue weighted by Crippen LogP contribution is 2.16. The predicted molar refractivity (Wildman–Crippen MR) is 79.8 cm³/mol. The van der Waals surface area contributed by atoms with Gasteiger partial charge in [0, 0.05) is 24.2 Å². The number of carbonyl (C=O) groups is 1. The van der Waals surface area contributed by atoms with E-state index in [1.54, 1.807) is 0 Å². The van der Waals surface area contributed by atoms with Gasteiger partial charge < -0.3 is 5.32 Å². The summed E-state index contributed by atoms with van der Waals surface area (Å²) < 4.78 is 0. The molecule has 0 heterocycles. The molecule has 2 aromatic carbocycles. The van der Waals surface area contributed by atoms with Gasteiger partial charge >= 0.3 is 0 Å². The van der Waals surface area contributed by atoms with Crippen molar-refractivity contribution >= 4 is 11.5 Å². The molecule has 98 valence electrons. The summed E-state index contributed by atoms with van der Waals surface area (Å²) in [5.41, 5.74) is 4.33. The van der Waals surface area contributed by atoms with Gasteiger partial charge in [-0.05, 0) is 31.0 Å². The van der Waals surface area contributed by atoms with E-state index in [2.05, 4.69) is 37.4 Å². The van der Waals surface area contributed by atoms with Crippen molar-refractivity contribution in [2.75, 3.05) is 11.9 Å². The number of ketones is 1. The van der Waals surface area contributed by atoms with E-state index >= 15 is 0 Å². The quantitative estimate of drug-likeness (QED) is 0.816. The van der Waals surface area contributed by atoms with E-state index in [1.165, 1.54) is 11.1 Å². The summed E-state index contributed by atoms with van der Waals surface area (Å²) in [7, 11) is 0. The molecule has 0 aliphatic rings. The molecule has 0 atom stereocenters. The van der Waals surface area contributed by atoms with E-state index < -0.39 is 0 Å². The zero-order chi connectivity index (χ0) is 13.7. The molecule has 0 aliphatic carbocycles. The maximum absolute atomic E-state index is 11.9. The summed E-state index contributed by atoms with van der Waals surface area (Å²) >= 11 is 0. The van der Waals surface area contributed by atoms with Gasteiger partial charge in [0.25, 0.3) is 0 Å². The molecule has 2 nitrogen and oxygen atoms in total. The van der Waals surface area contributed by atoms with Gasteiger partial charge in [0.15, 0.2) is 5.78 Å². The highest BCUT2D eigenvalue weighted by Gasteiger charge is 2.05. The topological polar surface area (TPSA) is 29.1 Å². The second kappa shape index (κ2) is 6.19. The summed E-state index contributed by atoms with van der Waals surface area (Å²) in [5, 5.41) is 3.33. The van der Waals surface area contributed by atoms with Gasteiger partial charge in [-0.25, -0.2) is 0 Å². The minimum atomic E-state index is 0.179. The molecular weight excluding hydrogens is 234 g/mol. The normalized spacial score (nSPS) is 10.2. The molecule has 0 fully saturated rings. The average molecular weight is 253 g/mol. The maximum Gasteiger partial charge on any atom is 0.164 e. The molecule has 0 aliphatic heterocycles. The fourth-order valence-corrected chi connectivity index (χ4v) is 2.01. The zero-order valence-electron chi connectivity index (χ0n) is 11.4. The average Bonchev–Trinajstić information content (AvgIpc) is 2.43. The number of carbonyl (C=O) groups excluding carboxylic acids is 1. The predicted octanol–water partition coefficient (Wildman–Crippen LogP) is 3.99. The van der Waals surface area contributed by atoms with Crippen LogP contribution in [-0.2, 0) is 0 Å². The molecule has 2 heteroatoms. The number of Topliss-reactive ketones (excluding diaryl/α,β-unsaturated/α-hetero) is 1. The SMILES string of the molecule is Cc1ccc(C)c(NCCC(=O)c2ccccc2)c1. The fraction of sp³-hybridized carbons (Fsp3) is 0.235. The Balaban J connectivity index is 1.90. The van der Waals surface area contributed by atoms with Crippen LogP contribution in [0.5, 0.6) is 0 Å². The Labute approximate surface area is 114 Å². The Bertz CT molecular complexity index is 561. The van der Waals surface area contributed by atoms with Crippen LogP contribution < -0.4 is 5.32 Å². The summed E-state index contributed by atoms with van der Waals surface area (Å²) in [6.07, 6.45) is 0.511. The second-order valence-electron chi connectivity index (χ2n) is 4.78. The summed E-state index contributed by atoms with van der Waals surface area (Å²) in [6, 6.07) is 15.7. The summed E-state index contributed by atoms with van der Waals surface area (Å²) in [6.45, 7) is 4.80. The molecule has 0 saturated heterocycles. The summed E-state index contributed by atoms with van der Waals surface area (Å²) in [4.78, 5) is 11.9. The second-order valence-corrected chi connectivity index (χ2v) is 4.78. The highest BCUT2D eigenvalue weighted by molar-refractivity contribution is 5.96. The minimum Gasteiger partial charge on any atom is -0.384 e. The van der Waals surface area contributed by atoms with Crippen LogP contribution in [0.4, 0.5) is 5.69 Å². The van der Waals surface area contributed by atoms with Crippen LogP contribution in [0.1, 0.15) is 27.9 Å². The fourth-order valence-electron chi connectivity index (χ4n) is 2.01. The Hall–Kier alpha value is -2.09. The molecule has 2 rings (SSSR count). The van der Waals surface area contributed by atoms with Crippen LogP contribution in [0.15, 0.2) is 48.5 Å². The molecule has 0 amide bonds. The zero-order valence-corrected chi connectivity index (χ0v) is 11.4. The first-order chi connectivity index (χ1) is 9.16. The van der Waals surface area contributed by atoms with Crippen LogP contribution in [0, 0.1) is 13.8 Å². The third-order valence-corrected chi connectivity index (χ3v) is 3.16. The monoisotopic (exact) mass is 253 g/mol. The number of hydrogen-bond donors (Lipinski definition) is 1. The van der Waals surface area contributed by atoms with E-state index in [-0.39, 0.29) is 5.78 Å². The van der Waals surface area contributed by atoms with E-state index in [1.807, 2.05) is 30.3 Å². The van der Waals surface area contributed by atoms with Crippen LogP contribution >= 0.6 is 0 Å². The van der Waals surface area contributed by atoms with Crippen molar-refractivity contribution in [2.24, 2.45) is 0 Å². The van der Waals surface area contributed by atoms with E-state index in [0.717, 1.165) is 11.3 Å². The molecule has 19 heavy (non-hydrogen) atoms. The van der Waals surface area contributed by atoms with E-state index in [4.69, 9.17) is 0 Å². The first kappa shape index (κ1) is 13.3. The molecule has 0 saturated carbocycles.